The Hall–Kier alpha value is -7.39. The molecule has 0 saturated heterocycles. The van der Waals surface area contributed by atoms with Gasteiger partial charge in [-0.1, -0.05) is 190 Å². The molecule has 0 bridgehead atoms. The van der Waals surface area contributed by atoms with Gasteiger partial charge in [-0.15, -0.1) is 0 Å². The van der Waals surface area contributed by atoms with Crippen LogP contribution in [0.3, 0.4) is 0 Å². The highest BCUT2D eigenvalue weighted by Crippen LogP contribution is 2.42. The first kappa shape index (κ1) is 50.5. The summed E-state index contributed by atoms with van der Waals surface area (Å²) in [6.07, 6.45) is 23.3. The van der Waals surface area contributed by atoms with Crippen LogP contribution in [-0.2, 0) is 6.54 Å². The number of hydrogen-bond acceptors (Lipinski definition) is 5. The van der Waals surface area contributed by atoms with Crippen LogP contribution < -0.4 is 22.9 Å². The lowest BCUT2D eigenvalue weighted by molar-refractivity contribution is 0.570. The standard InChI is InChI=1S/C47H42N4.C7H10N2.C7H11N.C2H6/c1-4-16-35(47(48,36-19-10-7-11-20-36)49-40(5-2)34-17-8-6-9-18-34)31-32-50-41-23-14-12-21-38(41)45-43(50)29-30-44-46(45)39-22-13-15-24-42(39)51(44)37-27-25-33(3)26-28-37;8-7(9)6-4-2-1-3-5-6;8-6-7-4-2-1-3-5-7;1-2/h4-6,8-10,12-30H,1-2,7,11,31-32,48H2,3H3;1-5,7H,8-9H2;2,4-5H,1,3,6,8H2;1-2H3/b35-16+,49-40+;;;. The number of para-hydroxylation sites is 2. The zero-order valence-corrected chi connectivity index (χ0v) is 41.1. The molecule has 8 aromatic rings. The summed E-state index contributed by atoms with van der Waals surface area (Å²) in [5.74, 6) is 0. The molecular weight excluding hydrogens is 855 g/mol. The van der Waals surface area contributed by atoms with Crippen LogP contribution in [0.1, 0.15) is 68.8 Å². The topological polar surface area (TPSA) is 126 Å². The van der Waals surface area contributed by atoms with Crippen molar-refractivity contribution < 1.29 is 0 Å². The van der Waals surface area contributed by atoms with E-state index in [1.54, 1.807) is 6.08 Å². The minimum absolute atomic E-state index is 0.341. The van der Waals surface area contributed by atoms with Crippen LogP contribution in [0.2, 0.25) is 0 Å². The maximum absolute atomic E-state index is 7.50. The second kappa shape index (κ2) is 24.2. The molecule has 2 aliphatic rings. The second-order valence-corrected chi connectivity index (χ2v) is 17.3. The second-order valence-electron chi connectivity index (χ2n) is 17.3. The number of nitrogens with two attached hydrogens (primary N) is 4. The maximum Gasteiger partial charge on any atom is 0.156 e. The molecule has 0 spiro atoms. The fourth-order valence-corrected chi connectivity index (χ4v) is 9.32. The Kier molecular flexibility index (Phi) is 17.5. The van der Waals surface area contributed by atoms with Crippen molar-refractivity contribution in [2.24, 2.45) is 27.9 Å². The number of benzene rings is 6. The van der Waals surface area contributed by atoms with E-state index in [4.69, 9.17) is 27.9 Å². The van der Waals surface area contributed by atoms with Gasteiger partial charge in [0.05, 0.1) is 22.9 Å². The van der Waals surface area contributed by atoms with E-state index in [-0.39, 0.29) is 6.17 Å². The highest BCUT2D eigenvalue weighted by molar-refractivity contribution is 6.28. The lowest BCUT2D eigenvalue weighted by Gasteiger charge is -2.32. The van der Waals surface area contributed by atoms with Gasteiger partial charge in [-0.3, -0.25) is 10.7 Å². The van der Waals surface area contributed by atoms with Crippen molar-refractivity contribution in [3.05, 3.63) is 247 Å². The average Bonchev–Trinajstić information content (AvgIpc) is 3.93. The fraction of sp³-hybridized carbons (Fsp3) is 0.190. The summed E-state index contributed by atoms with van der Waals surface area (Å²) >= 11 is 0. The Bertz CT molecular complexity index is 3230. The first-order chi connectivity index (χ1) is 34.2. The Morgan fingerprint density at radius 1 is 0.671 bits per heavy atom. The molecule has 0 radical (unpaired) electrons. The number of aryl methyl sites for hydroxylation is 2. The Balaban J connectivity index is 0.000000318. The van der Waals surface area contributed by atoms with E-state index in [1.807, 2.05) is 68.5 Å². The summed E-state index contributed by atoms with van der Waals surface area (Å²) in [5, 5.41) is 5.03. The summed E-state index contributed by atoms with van der Waals surface area (Å²) in [7, 11) is 0. The predicted molar refractivity (Wildman–Crippen MR) is 302 cm³/mol. The molecule has 2 aliphatic carbocycles. The zero-order chi connectivity index (χ0) is 49.5. The summed E-state index contributed by atoms with van der Waals surface area (Å²) in [4.78, 5) is 5.30. The number of aliphatic imine (C=N–C) groups is 1. The number of allylic oxidation sites excluding steroid dienone is 7. The van der Waals surface area contributed by atoms with Gasteiger partial charge in [-0.25, -0.2) is 0 Å². The summed E-state index contributed by atoms with van der Waals surface area (Å²) in [6, 6.07) is 50.7. The van der Waals surface area contributed by atoms with E-state index in [2.05, 4.69) is 169 Å². The van der Waals surface area contributed by atoms with Crippen LogP contribution in [-0.4, -0.2) is 27.1 Å². The molecule has 2 aromatic heterocycles. The Labute approximate surface area is 414 Å². The minimum Gasteiger partial charge on any atom is -0.340 e. The third kappa shape index (κ3) is 11.2. The van der Waals surface area contributed by atoms with E-state index >= 15 is 0 Å². The van der Waals surface area contributed by atoms with E-state index < -0.39 is 5.66 Å². The molecule has 1 atom stereocenters. The summed E-state index contributed by atoms with van der Waals surface area (Å²) in [5.41, 5.74) is 35.8. The van der Waals surface area contributed by atoms with Gasteiger partial charge in [0.25, 0.3) is 0 Å². The fourth-order valence-electron chi connectivity index (χ4n) is 9.32. The van der Waals surface area contributed by atoms with E-state index in [0.29, 0.717) is 19.5 Å². The van der Waals surface area contributed by atoms with Gasteiger partial charge in [0.2, 0.25) is 0 Å². The smallest absolute Gasteiger partial charge is 0.156 e. The van der Waals surface area contributed by atoms with Crippen LogP contribution in [0, 0.1) is 6.92 Å². The molecule has 0 saturated carbocycles. The average molecular weight is 924 g/mol. The van der Waals surface area contributed by atoms with Gasteiger partial charge in [0.1, 0.15) is 0 Å². The van der Waals surface area contributed by atoms with Crippen LogP contribution >= 0.6 is 0 Å². The van der Waals surface area contributed by atoms with E-state index in [1.165, 1.54) is 67.6 Å². The largest absolute Gasteiger partial charge is 0.340 e. The maximum atomic E-state index is 7.50. The zero-order valence-electron chi connectivity index (χ0n) is 41.1. The number of nitrogens with zero attached hydrogens (tertiary/aromatic N) is 3. The van der Waals surface area contributed by atoms with Crippen molar-refractivity contribution >= 4 is 49.3 Å². The van der Waals surface area contributed by atoms with Crippen molar-refractivity contribution in [3.63, 3.8) is 0 Å². The molecule has 2 heterocycles. The Morgan fingerprint density at radius 2 is 1.26 bits per heavy atom. The molecule has 356 valence electrons. The molecule has 0 fully saturated rings. The van der Waals surface area contributed by atoms with Crippen molar-refractivity contribution in [1.82, 2.24) is 9.13 Å². The Morgan fingerprint density at radius 3 is 1.83 bits per heavy atom. The van der Waals surface area contributed by atoms with Crippen LogP contribution in [0.5, 0.6) is 0 Å². The quantitative estimate of drug-likeness (QED) is 0.0553. The van der Waals surface area contributed by atoms with Gasteiger partial charge in [0.15, 0.2) is 5.66 Å². The SMILES string of the molecule is C=C/C=C(\CCn1c2ccccc2c2c3c4ccccc4n(-c4ccc(C)cc4)c3ccc21)C(N)(/N=C(\C=C)c1ccccc1)C1=CCCC=C1.CC.NC(N)c1ccccc1.NCC1=CCCC=C1. The van der Waals surface area contributed by atoms with Crippen LogP contribution in [0.15, 0.2) is 235 Å². The normalized spacial score (nSPS) is 14.5. The van der Waals surface area contributed by atoms with Crippen molar-refractivity contribution in [2.45, 2.75) is 71.2 Å². The van der Waals surface area contributed by atoms with E-state index in [9.17, 15) is 0 Å². The molecule has 0 amide bonds. The molecule has 70 heavy (non-hydrogen) atoms. The first-order valence-corrected chi connectivity index (χ1v) is 24.6. The highest BCUT2D eigenvalue weighted by Gasteiger charge is 2.33. The molecule has 0 aliphatic heterocycles. The molecule has 1 unspecified atom stereocenters. The van der Waals surface area contributed by atoms with Gasteiger partial charge in [-0.05, 0) is 109 Å². The predicted octanol–water partition coefficient (Wildman–Crippen LogP) is 14.2. The van der Waals surface area contributed by atoms with Gasteiger partial charge in [0, 0.05) is 51.4 Å². The minimum atomic E-state index is -1.10. The monoisotopic (exact) mass is 924 g/mol. The van der Waals surface area contributed by atoms with Crippen molar-refractivity contribution in [3.8, 4) is 5.69 Å². The summed E-state index contributed by atoms with van der Waals surface area (Å²) in [6.45, 7) is 15.8. The van der Waals surface area contributed by atoms with Gasteiger partial charge in [-0.2, -0.15) is 0 Å². The third-order valence-corrected chi connectivity index (χ3v) is 12.8. The molecule has 7 nitrogen and oxygen atoms in total. The number of fused-ring (bicyclic) bond motifs is 7. The van der Waals surface area contributed by atoms with Crippen molar-refractivity contribution in [1.29, 1.82) is 0 Å². The lowest BCUT2D eigenvalue weighted by Crippen LogP contribution is -2.43. The molecule has 7 heteroatoms. The number of rotatable bonds is 12. The number of hydrogen-bond donors (Lipinski definition) is 4. The number of aromatic nitrogens is 2. The molecule has 10 rings (SSSR count). The first-order valence-electron chi connectivity index (χ1n) is 24.6. The summed E-state index contributed by atoms with van der Waals surface area (Å²) < 4.78 is 4.86. The third-order valence-electron chi connectivity index (χ3n) is 12.8. The molecular formula is C63H69N7. The molecule has 6 aromatic carbocycles. The van der Waals surface area contributed by atoms with Crippen molar-refractivity contribution in [2.75, 3.05) is 6.54 Å². The van der Waals surface area contributed by atoms with E-state index in [0.717, 1.165) is 46.5 Å². The molecule has 8 N–H and O–H groups in total. The van der Waals surface area contributed by atoms with Crippen LogP contribution in [0.25, 0.3) is 49.3 Å². The van der Waals surface area contributed by atoms with Crippen LogP contribution in [0.4, 0.5) is 0 Å². The lowest BCUT2D eigenvalue weighted by atomic mass is 9.86. The van der Waals surface area contributed by atoms with Gasteiger partial charge < -0.3 is 26.3 Å². The highest BCUT2D eigenvalue weighted by atomic mass is 15.1. The van der Waals surface area contributed by atoms with Gasteiger partial charge >= 0.3 is 0 Å².